The normalized spacial score (nSPS) is 10.0. The van der Waals surface area contributed by atoms with E-state index >= 15 is 0 Å². The molecule has 0 bridgehead atoms. The van der Waals surface area contributed by atoms with Gasteiger partial charge >= 0.3 is 0 Å². The van der Waals surface area contributed by atoms with Crippen LogP contribution in [-0.2, 0) is 6.54 Å². The van der Waals surface area contributed by atoms with Crippen LogP contribution >= 0.6 is 0 Å². The molecule has 0 radical (unpaired) electrons. The molecule has 1 aromatic rings. The van der Waals surface area contributed by atoms with Gasteiger partial charge in [0.25, 0.3) is 0 Å². The Balaban J connectivity index is 2.40. The number of nitrogens with one attached hydrogen (secondary N) is 2. The van der Waals surface area contributed by atoms with Crippen molar-refractivity contribution in [3.8, 4) is 0 Å². The van der Waals surface area contributed by atoms with Gasteiger partial charge in [-0.1, -0.05) is 13.0 Å². The van der Waals surface area contributed by atoms with Crippen molar-refractivity contribution in [2.75, 3.05) is 18.9 Å². The van der Waals surface area contributed by atoms with Crippen molar-refractivity contribution >= 4 is 5.82 Å². The molecule has 0 aliphatic carbocycles. The largest absolute Gasteiger partial charge is 0.373 e. The highest BCUT2D eigenvalue weighted by atomic mass is 14.9. The Morgan fingerprint density at radius 3 is 2.77 bits per heavy atom. The van der Waals surface area contributed by atoms with Gasteiger partial charge in [-0.2, -0.15) is 0 Å². The molecule has 0 aromatic carbocycles. The van der Waals surface area contributed by atoms with E-state index in [4.69, 9.17) is 0 Å². The summed E-state index contributed by atoms with van der Waals surface area (Å²) in [5.74, 6) is 0.916. The predicted molar refractivity (Wildman–Crippen MR) is 55.8 cm³/mol. The monoisotopic (exact) mass is 179 g/mol. The van der Waals surface area contributed by atoms with Crippen LogP contribution in [0, 0.1) is 0 Å². The van der Waals surface area contributed by atoms with Gasteiger partial charge in [0.1, 0.15) is 5.82 Å². The van der Waals surface area contributed by atoms with Crippen LogP contribution in [0.5, 0.6) is 0 Å². The number of nitrogens with zero attached hydrogens (tertiary/aromatic N) is 1. The van der Waals surface area contributed by atoms with Crippen molar-refractivity contribution in [2.45, 2.75) is 19.9 Å². The summed E-state index contributed by atoms with van der Waals surface area (Å²) in [4.78, 5) is 4.22. The highest BCUT2D eigenvalue weighted by Crippen LogP contribution is 2.03. The number of rotatable bonds is 5. The molecule has 0 aliphatic heterocycles. The number of aromatic nitrogens is 1. The van der Waals surface area contributed by atoms with E-state index in [1.165, 1.54) is 12.0 Å². The fourth-order valence-corrected chi connectivity index (χ4v) is 1.09. The lowest BCUT2D eigenvalue weighted by atomic mass is 10.3. The highest BCUT2D eigenvalue weighted by Gasteiger charge is 1.92. The van der Waals surface area contributed by atoms with Crippen LogP contribution in [0.2, 0.25) is 0 Å². The molecular formula is C10H17N3. The maximum absolute atomic E-state index is 4.22. The number of hydrogen-bond donors (Lipinski definition) is 2. The molecule has 72 valence electrons. The minimum Gasteiger partial charge on any atom is -0.373 e. The standard InChI is InChI=1S/C10H17N3/c1-3-6-12-7-9-4-5-10(11-2)13-8-9/h4-5,8,12H,3,6-7H2,1-2H3,(H,11,13). The number of anilines is 1. The number of pyridine rings is 1. The van der Waals surface area contributed by atoms with Gasteiger partial charge in [0.15, 0.2) is 0 Å². The summed E-state index contributed by atoms with van der Waals surface area (Å²) in [6.45, 7) is 4.13. The Morgan fingerprint density at radius 1 is 1.38 bits per heavy atom. The van der Waals surface area contributed by atoms with Gasteiger partial charge in [0.2, 0.25) is 0 Å². The first kappa shape index (κ1) is 9.99. The third kappa shape index (κ3) is 3.42. The Morgan fingerprint density at radius 2 is 2.23 bits per heavy atom. The Hall–Kier alpha value is -1.09. The Labute approximate surface area is 79.6 Å². The van der Waals surface area contributed by atoms with Crippen LogP contribution in [0.4, 0.5) is 5.82 Å². The topological polar surface area (TPSA) is 37.0 Å². The van der Waals surface area contributed by atoms with E-state index in [1.54, 1.807) is 0 Å². The van der Waals surface area contributed by atoms with Gasteiger partial charge in [-0.25, -0.2) is 4.98 Å². The minimum absolute atomic E-state index is 0.908. The maximum atomic E-state index is 4.22. The Bertz CT molecular complexity index is 230. The fraction of sp³-hybridized carbons (Fsp3) is 0.500. The molecular weight excluding hydrogens is 162 g/mol. The SMILES string of the molecule is CCCNCc1ccc(NC)nc1. The summed E-state index contributed by atoms with van der Waals surface area (Å²) in [5.41, 5.74) is 1.23. The molecule has 0 aliphatic rings. The van der Waals surface area contributed by atoms with Gasteiger partial charge in [-0.3, -0.25) is 0 Å². The van der Waals surface area contributed by atoms with Crippen LogP contribution in [0.15, 0.2) is 18.3 Å². The van der Waals surface area contributed by atoms with Gasteiger partial charge in [-0.05, 0) is 24.6 Å². The zero-order chi connectivity index (χ0) is 9.52. The molecule has 3 heteroatoms. The van der Waals surface area contributed by atoms with Gasteiger partial charge in [0, 0.05) is 19.8 Å². The summed E-state index contributed by atoms with van der Waals surface area (Å²) in [6.07, 6.45) is 3.07. The van der Waals surface area contributed by atoms with Gasteiger partial charge in [0.05, 0.1) is 0 Å². The van der Waals surface area contributed by atoms with Crippen molar-refractivity contribution in [3.05, 3.63) is 23.9 Å². The molecule has 1 rings (SSSR count). The quantitative estimate of drug-likeness (QED) is 0.674. The summed E-state index contributed by atoms with van der Waals surface area (Å²) in [5, 5.41) is 6.32. The maximum Gasteiger partial charge on any atom is 0.125 e. The van der Waals surface area contributed by atoms with Crippen LogP contribution in [0.25, 0.3) is 0 Å². The average molecular weight is 179 g/mol. The smallest absolute Gasteiger partial charge is 0.125 e. The second kappa shape index (κ2) is 5.54. The van der Waals surface area contributed by atoms with Crippen LogP contribution in [0.1, 0.15) is 18.9 Å². The first-order valence-electron chi connectivity index (χ1n) is 4.70. The molecule has 0 spiro atoms. The molecule has 0 unspecified atom stereocenters. The van der Waals surface area contributed by atoms with Crippen LogP contribution < -0.4 is 10.6 Å². The minimum atomic E-state index is 0.908. The molecule has 0 saturated heterocycles. The molecule has 1 heterocycles. The summed E-state index contributed by atoms with van der Waals surface area (Å²) in [6, 6.07) is 4.07. The second-order valence-corrected chi connectivity index (χ2v) is 2.98. The molecule has 0 fully saturated rings. The fourth-order valence-electron chi connectivity index (χ4n) is 1.09. The van der Waals surface area contributed by atoms with Crippen molar-refractivity contribution < 1.29 is 0 Å². The van der Waals surface area contributed by atoms with E-state index in [2.05, 4.69) is 28.6 Å². The molecule has 2 N–H and O–H groups in total. The van der Waals surface area contributed by atoms with Crippen LogP contribution in [-0.4, -0.2) is 18.6 Å². The zero-order valence-electron chi connectivity index (χ0n) is 8.30. The molecule has 13 heavy (non-hydrogen) atoms. The molecule has 3 nitrogen and oxygen atoms in total. The highest BCUT2D eigenvalue weighted by molar-refractivity contribution is 5.34. The lowest BCUT2D eigenvalue weighted by Crippen LogP contribution is -2.13. The summed E-state index contributed by atoms with van der Waals surface area (Å²) in [7, 11) is 1.87. The van der Waals surface area contributed by atoms with E-state index in [0.29, 0.717) is 0 Å². The average Bonchev–Trinajstić information content (AvgIpc) is 2.19. The van der Waals surface area contributed by atoms with Crippen molar-refractivity contribution in [1.82, 2.24) is 10.3 Å². The second-order valence-electron chi connectivity index (χ2n) is 2.98. The van der Waals surface area contributed by atoms with E-state index in [9.17, 15) is 0 Å². The van der Waals surface area contributed by atoms with E-state index in [0.717, 1.165) is 18.9 Å². The van der Waals surface area contributed by atoms with Gasteiger partial charge in [-0.15, -0.1) is 0 Å². The summed E-state index contributed by atoms with van der Waals surface area (Å²) < 4.78 is 0. The third-order valence-electron chi connectivity index (χ3n) is 1.84. The summed E-state index contributed by atoms with van der Waals surface area (Å²) >= 11 is 0. The van der Waals surface area contributed by atoms with E-state index in [-0.39, 0.29) is 0 Å². The number of hydrogen-bond acceptors (Lipinski definition) is 3. The predicted octanol–water partition coefficient (Wildman–Crippen LogP) is 1.62. The van der Waals surface area contributed by atoms with Crippen molar-refractivity contribution in [3.63, 3.8) is 0 Å². The van der Waals surface area contributed by atoms with E-state index < -0.39 is 0 Å². The van der Waals surface area contributed by atoms with E-state index in [1.807, 2.05) is 19.3 Å². The molecule has 0 amide bonds. The third-order valence-corrected chi connectivity index (χ3v) is 1.84. The first-order chi connectivity index (χ1) is 6.36. The molecule has 1 aromatic heterocycles. The molecule has 0 saturated carbocycles. The zero-order valence-corrected chi connectivity index (χ0v) is 8.30. The van der Waals surface area contributed by atoms with Crippen LogP contribution in [0.3, 0.4) is 0 Å². The first-order valence-corrected chi connectivity index (χ1v) is 4.70. The lowest BCUT2D eigenvalue weighted by molar-refractivity contribution is 0.674. The van der Waals surface area contributed by atoms with Crippen molar-refractivity contribution in [2.24, 2.45) is 0 Å². The van der Waals surface area contributed by atoms with Crippen molar-refractivity contribution in [1.29, 1.82) is 0 Å². The van der Waals surface area contributed by atoms with Gasteiger partial charge < -0.3 is 10.6 Å². The Kier molecular flexibility index (Phi) is 4.26. The lowest BCUT2D eigenvalue weighted by Gasteiger charge is -2.03. The molecule has 0 atom stereocenters.